The topological polar surface area (TPSA) is 24.5 Å². The first-order chi connectivity index (χ1) is 8.72. The number of halogens is 1. The number of nitrogens with one attached hydrogen (secondary N) is 1. The molecule has 0 aliphatic rings. The van der Waals surface area contributed by atoms with Gasteiger partial charge >= 0.3 is 0 Å². The summed E-state index contributed by atoms with van der Waals surface area (Å²) in [5, 5.41) is 3.39. The summed E-state index contributed by atoms with van der Waals surface area (Å²) in [6.45, 7) is 8.85. The van der Waals surface area contributed by atoms with Gasteiger partial charge < -0.3 is 15.0 Å². The van der Waals surface area contributed by atoms with E-state index in [0.717, 1.165) is 37.3 Å². The van der Waals surface area contributed by atoms with E-state index in [4.69, 9.17) is 4.74 Å². The van der Waals surface area contributed by atoms with Gasteiger partial charge in [0.2, 0.25) is 0 Å². The highest BCUT2D eigenvalue weighted by Gasteiger charge is 2.10. The number of hydrogen-bond acceptors (Lipinski definition) is 3. The van der Waals surface area contributed by atoms with Crippen molar-refractivity contribution in [3.05, 3.63) is 28.2 Å². The van der Waals surface area contributed by atoms with Gasteiger partial charge in [-0.2, -0.15) is 0 Å². The number of anilines is 1. The highest BCUT2D eigenvalue weighted by atomic mass is 79.9. The lowest BCUT2D eigenvalue weighted by atomic mass is 10.1. The summed E-state index contributed by atoms with van der Waals surface area (Å²) in [6.07, 6.45) is 0. The van der Waals surface area contributed by atoms with Gasteiger partial charge in [0.25, 0.3) is 0 Å². The molecule has 0 aromatic heterocycles. The molecule has 1 aromatic carbocycles. The first-order valence-corrected chi connectivity index (χ1v) is 7.25. The van der Waals surface area contributed by atoms with Crippen LogP contribution in [0, 0.1) is 0 Å². The average Bonchev–Trinajstić information content (AvgIpc) is 2.38. The van der Waals surface area contributed by atoms with E-state index in [1.165, 1.54) is 11.3 Å². The molecule has 0 spiro atoms. The Bertz CT molecular complexity index is 358. The molecule has 1 aromatic rings. The molecule has 0 amide bonds. The minimum atomic E-state index is 0.751. The van der Waals surface area contributed by atoms with E-state index in [1.54, 1.807) is 7.11 Å². The van der Waals surface area contributed by atoms with Crippen LogP contribution in [0.4, 0.5) is 5.69 Å². The molecule has 0 fully saturated rings. The number of hydrogen-bond donors (Lipinski definition) is 1. The lowest BCUT2D eigenvalue weighted by Gasteiger charge is -2.26. The first kappa shape index (κ1) is 15.5. The van der Waals surface area contributed by atoms with Crippen molar-refractivity contribution < 1.29 is 4.74 Å². The van der Waals surface area contributed by atoms with Crippen molar-refractivity contribution in [2.45, 2.75) is 20.4 Å². The molecule has 0 aliphatic carbocycles. The Morgan fingerprint density at radius 2 is 2.11 bits per heavy atom. The third kappa shape index (κ3) is 4.59. The van der Waals surface area contributed by atoms with E-state index in [9.17, 15) is 0 Å². The van der Waals surface area contributed by atoms with E-state index in [0.29, 0.717) is 0 Å². The zero-order valence-electron chi connectivity index (χ0n) is 11.5. The molecule has 102 valence electrons. The van der Waals surface area contributed by atoms with Crippen LogP contribution in [0.2, 0.25) is 0 Å². The van der Waals surface area contributed by atoms with Crippen molar-refractivity contribution >= 4 is 21.6 Å². The number of rotatable bonds is 8. The number of benzene rings is 1. The fourth-order valence-corrected chi connectivity index (χ4v) is 2.24. The summed E-state index contributed by atoms with van der Waals surface area (Å²) >= 11 is 3.55. The Morgan fingerprint density at radius 3 is 2.72 bits per heavy atom. The van der Waals surface area contributed by atoms with E-state index in [2.05, 4.69) is 58.2 Å². The van der Waals surface area contributed by atoms with Crippen molar-refractivity contribution in [1.82, 2.24) is 5.32 Å². The van der Waals surface area contributed by atoms with Crippen LogP contribution < -0.4 is 10.2 Å². The van der Waals surface area contributed by atoms with Gasteiger partial charge in [-0.1, -0.05) is 28.9 Å². The van der Waals surface area contributed by atoms with Crippen LogP contribution in [0.25, 0.3) is 0 Å². The smallest absolute Gasteiger partial charge is 0.0637 e. The Labute approximate surface area is 119 Å². The molecule has 0 atom stereocenters. The summed E-state index contributed by atoms with van der Waals surface area (Å²) in [7, 11) is 1.74. The zero-order valence-corrected chi connectivity index (χ0v) is 13.1. The van der Waals surface area contributed by atoms with Crippen LogP contribution in [0.15, 0.2) is 22.7 Å². The minimum Gasteiger partial charge on any atom is -0.383 e. The van der Waals surface area contributed by atoms with Crippen molar-refractivity contribution in [2.75, 3.05) is 38.3 Å². The predicted molar refractivity (Wildman–Crippen MR) is 81.3 cm³/mol. The van der Waals surface area contributed by atoms with Gasteiger partial charge in [0.15, 0.2) is 0 Å². The second kappa shape index (κ2) is 8.51. The summed E-state index contributed by atoms with van der Waals surface area (Å²) < 4.78 is 6.30. The maximum atomic E-state index is 5.18. The van der Waals surface area contributed by atoms with Crippen LogP contribution in [0.1, 0.15) is 19.4 Å². The SMILES string of the molecule is CCNCc1ccc(Br)cc1N(CC)CCOC. The molecule has 1 rings (SSSR count). The van der Waals surface area contributed by atoms with Gasteiger partial charge in [-0.15, -0.1) is 0 Å². The fraction of sp³-hybridized carbons (Fsp3) is 0.571. The summed E-state index contributed by atoms with van der Waals surface area (Å²) in [5.74, 6) is 0. The third-order valence-electron chi connectivity index (χ3n) is 2.90. The van der Waals surface area contributed by atoms with Gasteiger partial charge in [-0.25, -0.2) is 0 Å². The normalized spacial score (nSPS) is 10.7. The van der Waals surface area contributed by atoms with Crippen LogP contribution >= 0.6 is 15.9 Å². The number of likely N-dealkylation sites (N-methyl/N-ethyl adjacent to an activating group) is 1. The van der Waals surface area contributed by atoms with Crippen molar-refractivity contribution in [3.63, 3.8) is 0 Å². The molecule has 0 saturated heterocycles. The van der Waals surface area contributed by atoms with E-state index in [1.807, 2.05) is 0 Å². The quantitative estimate of drug-likeness (QED) is 0.798. The Balaban J connectivity index is 2.90. The Hall–Kier alpha value is -0.580. The fourth-order valence-electron chi connectivity index (χ4n) is 1.89. The van der Waals surface area contributed by atoms with Crippen molar-refractivity contribution in [2.24, 2.45) is 0 Å². The molecule has 0 bridgehead atoms. The molecule has 0 unspecified atom stereocenters. The zero-order chi connectivity index (χ0) is 13.4. The van der Waals surface area contributed by atoms with Gasteiger partial charge in [0.05, 0.1) is 6.61 Å². The van der Waals surface area contributed by atoms with Crippen molar-refractivity contribution in [1.29, 1.82) is 0 Å². The second-order valence-corrected chi connectivity index (χ2v) is 5.04. The lowest BCUT2D eigenvalue weighted by molar-refractivity contribution is 0.205. The van der Waals surface area contributed by atoms with Gasteiger partial charge in [-0.05, 0) is 31.2 Å². The van der Waals surface area contributed by atoms with Gasteiger partial charge in [0, 0.05) is 36.9 Å². The Kier molecular flexibility index (Phi) is 7.32. The summed E-state index contributed by atoms with van der Waals surface area (Å²) in [5.41, 5.74) is 2.61. The van der Waals surface area contributed by atoms with E-state index < -0.39 is 0 Å². The Morgan fingerprint density at radius 1 is 1.33 bits per heavy atom. The molecule has 18 heavy (non-hydrogen) atoms. The van der Waals surface area contributed by atoms with Crippen LogP contribution in [-0.4, -0.2) is 33.4 Å². The molecule has 3 nitrogen and oxygen atoms in total. The van der Waals surface area contributed by atoms with Crippen molar-refractivity contribution in [3.8, 4) is 0 Å². The second-order valence-electron chi connectivity index (χ2n) is 4.13. The highest BCUT2D eigenvalue weighted by molar-refractivity contribution is 9.10. The van der Waals surface area contributed by atoms with Crippen LogP contribution in [-0.2, 0) is 11.3 Å². The highest BCUT2D eigenvalue weighted by Crippen LogP contribution is 2.25. The maximum absolute atomic E-state index is 5.18. The standard InChI is InChI=1S/C14H23BrN2O/c1-4-16-11-12-6-7-13(15)10-14(12)17(5-2)8-9-18-3/h6-7,10,16H,4-5,8-9,11H2,1-3H3. The summed E-state index contributed by atoms with van der Waals surface area (Å²) in [4.78, 5) is 2.35. The first-order valence-electron chi connectivity index (χ1n) is 6.45. The molecular formula is C14H23BrN2O. The predicted octanol–water partition coefficient (Wildman–Crippen LogP) is 3.03. The van der Waals surface area contributed by atoms with Gasteiger partial charge in [0.1, 0.15) is 0 Å². The average molecular weight is 315 g/mol. The number of methoxy groups -OCH3 is 1. The molecule has 4 heteroatoms. The molecule has 0 saturated carbocycles. The van der Waals surface area contributed by atoms with Gasteiger partial charge in [-0.3, -0.25) is 0 Å². The lowest BCUT2D eigenvalue weighted by Crippen LogP contribution is -2.28. The largest absolute Gasteiger partial charge is 0.383 e. The molecule has 0 radical (unpaired) electrons. The summed E-state index contributed by atoms with van der Waals surface area (Å²) in [6, 6.07) is 6.46. The monoisotopic (exact) mass is 314 g/mol. The molecule has 0 heterocycles. The van der Waals surface area contributed by atoms with Crippen LogP contribution in [0.5, 0.6) is 0 Å². The van der Waals surface area contributed by atoms with Crippen LogP contribution in [0.3, 0.4) is 0 Å². The number of ether oxygens (including phenoxy) is 1. The molecule has 1 N–H and O–H groups in total. The van der Waals surface area contributed by atoms with E-state index >= 15 is 0 Å². The molecular weight excluding hydrogens is 292 g/mol. The number of nitrogens with zero attached hydrogens (tertiary/aromatic N) is 1. The minimum absolute atomic E-state index is 0.751. The maximum Gasteiger partial charge on any atom is 0.0637 e. The molecule has 0 aliphatic heterocycles. The van der Waals surface area contributed by atoms with E-state index in [-0.39, 0.29) is 0 Å². The third-order valence-corrected chi connectivity index (χ3v) is 3.39.